The van der Waals surface area contributed by atoms with Gasteiger partial charge in [-0.2, -0.15) is 4.80 Å². The molecule has 168 valence electrons. The standard InChI is InChI=1S/C23H21N5O5/c1-3-32-17-10-8-16(9-11-17)27-25-19-12-15(2)18(13-20(19)26-27)24-23(29)14-33-22-7-5-4-6-21(22)28(30)31/h4-13H,3,14H2,1-2H3,(H,24,29). The van der Waals surface area contributed by atoms with Gasteiger partial charge < -0.3 is 14.8 Å². The van der Waals surface area contributed by atoms with Crippen LogP contribution in [0, 0.1) is 17.0 Å². The smallest absolute Gasteiger partial charge is 0.310 e. The molecular formula is C23H21N5O5. The van der Waals surface area contributed by atoms with Gasteiger partial charge >= 0.3 is 5.69 Å². The van der Waals surface area contributed by atoms with Crippen molar-refractivity contribution in [2.45, 2.75) is 13.8 Å². The van der Waals surface area contributed by atoms with Crippen LogP contribution < -0.4 is 14.8 Å². The van der Waals surface area contributed by atoms with E-state index in [0.717, 1.165) is 17.0 Å². The monoisotopic (exact) mass is 447 g/mol. The molecule has 33 heavy (non-hydrogen) atoms. The third-order valence-electron chi connectivity index (χ3n) is 4.80. The maximum atomic E-state index is 12.4. The molecular weight excluding hydrogens is 426 g/mol. The first-order chi connectivity index (χ1) is 15.9. The van der Waals surface area contributed by atoms with Crippen molar-refractivity contribution in [1.82, 2.24) is 15.0 Å². The van der Waals surface area contributed by atoms with Crippen LogP contribution in [0.25, 0.3) is 16.7 Å². The van der Waals surface area contributed by atoms with Gasteiger partial charge in [0.1, 0.15) is 16.8 Å². The summed E-state index contributed by atoms with van der Waals surface area (Å²) in [6.45, 7) is 3.98. The Bertz CT molecular complexity index is 1320. The van der Waals surface area contributed by atoms with Gasteiger partial charge in [-0.1, -0.05) is 12.1 Å². The second kappa shape index (κ2) is 9.35. The van der Waals surface area contributed by atoms with E-state index >= 15 is 0 Å². The summed E-state index contributed by atoms with van der Waals surface area (Å²) in [6.07, 6.45) is 0. The number of hydrogen-bond acceptors (Lipinski definition) is 7. The summed E-state index contributed by atoms with van der Waals surface area (Å²) in [5, 5.41) is 22.9. The number of ether oxygens (including phenoxy) is 2. The Morgan fingerprint density at radius 2 is 1.76 bits per heavy atom. The minimum atomic E-state index is -0.557. The van der Waals surface area contributed by atoms with Crippen molar-refractivity contribution in [3.05, 3.63) is 76.3 Å². The molecule has 0 atom stereocenters. The van der Waals surface area contributed by atoms with Crippen LogP contribution in [0.1, 0.15) is 12.5 Å². The number of carbonyl (C=O) groups is 1. The van der Waals surface area contributed by atoms with Crippen LogP contribution in [0.3, 0.4) is 0 Å². The van der Waals surface area contributed by atoms with Gasteiger partial charge in [0.2, 0.25) is 0 Å². The number of amides is 1. The molecule has 0 radical (unpaired) electrons. The zero-order valence-electron chi connectivity index (χ0n) is 18.0. The number of para-hydroxylation sites is 2. The highest BCUT2D eigenvalue weighted by molar-refractivity contribution is 5.95. The minimum absolute atomic E-state index is 0.0307. The van der Waals surface area contributed by atoms with Crippen LogP contribution in [-0.4, -0.2) is 39.0 Å². The van der Waals surface area contributed by atoms with Crippen LogP contribution in [0.4, 0.5) is 11.4 Å². The maximum absolute atomic E-state index is 12.4. The quantitative estimate of drug-likeness (QED) is 0.319. The molecule has 1 amide bonds. The van der Waals surface area contributed by atoms with Crippen molar-refractivity contribution in [3.63, 3.8) is 0 Å². The lowest BCUT2D eigenvalue weighted by Gasteiger charge is -2.09. The van der Waals surface area contributed by atoms with Gasteiger partial charge in [-0.15, -0.1) is 10.2 Å². The predicted molar refractivity (Wildman–Crippen MR) is 122 cm³/mol. The lowest BCUT2D eigenvalue weighted by molar-refractivity contribution is -0.385. The third-order valence-corrected chi connectivity index (χ3v) is 4.80. The summed E-state index contributed by atoms with van der Waals surface area (Å²) in [7, 11) is 0. The highest BCUT2D eigenvalue weighted by atomic mass is 16.6. The van der Waals surface area contributed by atoms with Crippen LogP contribution in [0.5, 0.6) is 11.5 Å². The van der Waals surface area contributed by atoms with Crippen LogP contribution in [0.15, 0.2) is 60.7 Å². The highest BCUT2D eigenvalue weighted by Crippen LogP contribution is 2.26. The molecule has 4 rings (SSSR count). The highest BCUT2D eigenvalue weighted by Gasteiger charge is 2.16. The molecule has 0 spiro atoms. The van der Waals surface area contributed by atoms with Gasteiger partial charge in [0.05, 0.1) is 17.2 Å². The Morgan fingerprint density at radius 1 is 1.06 bits per heavy atom. The van der Waals surface area contributed by atoms with E-state index in [2.05, 4.69) is 15.5 Å². The molecule has 4 aromatic rings. The summed E-state index contributed by atoms with van der Waals surface area (Å²) in [5.41, 5.74) is 3.20. The fraction of sp³-hybridized carbons (Fsp3) is 0.174. The Labute approximate surface area is 188 Å². The van der Waals surface area contributed by atoms with Gasteiger partial charge in [-0.05, 0) is 61.9 Å². The fourth-order valence-electron chi connectivity index (χ4n) is 3.22. The molecule has 0 aliphatic rings. The van der Waals surface area contributed by atoms with Gasteiger partial charge in [-0.3, -0.25) is 14.9 Å². The first kappa shape index (κ1) is 21.8. The first-order valence-electron chi connectivity index (χ1n) is 10.2. The van der Waals surface area contributed by atoms with Crippen molar-refractivity contribution in [3.8, 4) is 17.2 Å². The molecule has 0 unspecified atom stereocenters. The van der Waals surface area contributed by atoms with E-state index < -0.39 is 10.8 Å². The van der Waals surface area contributed by atoms with Crippen molar-refractivity contribution in [1.29, 1.82) is 0 Å². The van der Waals surface area contributed by atoms with Crippen LogP contribution in [-0.2, 0) is 4.79 Å². The molecule has 1 aromatic heterocycles. The van der Waals surface area contributed by atoms with Crippen molar-refractivity contribution in [2.75, 3.05) is 18.5 Å². The Hall–Kier alpha value is -4.47. The summed E-state index contributed by atoms with van der Waals surface area (Å²) in [4.78, 5) is 24.4. The summed E-state index contributed by atoms with van der Waals surface area (Å²) in [5.74, 6) is 0.347. The molecule has 0 bridgehead atoms. The van der Waals surface area contributed by atoms with Crippen LogP contribution in [0.2, 0.25) is 0 Å². The Kier molecular flexibility index (Phi) is 6.16. The summed E-state index contributed by atoms with van der Waals surface area (Å²) < 4.78 is 10.8. The number of aromatic nitrogens is 3. The molecule has 10 nitrogen and oxygen atoms in total. The van der Waals surface area contributed by atoms with E-state index in [1.165, 1.54) is 23.0 Å². The molecule has 0 fully saturated rings. The Morgan fingerprint density at radius 3 is 2.45 bits per heavy atom. The predicted octanol–water partition coefficient (Wildman–Crippen LogP) is 4.05. The molecule has 0 aliphatic carbocycles. The van der Waals surface area contributed by atoms with E-state index in [9.17, 15) is 14.9 Å². The van der Waals surface area contributed by atoms with Gasteiger partial charge in [0, 0.05) is 11.8 Å². The largest absolute Gasteiger partial charge is 0.494 e. The summed E-state index contributed by atoms with van der Waals surface area (Å²) in [6, 6.07) is 16.9. The number of rotatable bonds is 8. The van der Waals surface area contributed by atoms with Crippen LogP contribution >= 0.6 is 0 Å². The van der Waals surface area contributed by atoms with Crippen molar-refractivity contribution < 1.29 is 19.2 Å². The number of carbonyl (C=O) groups excluding carboxylic acids is 1. The number of fused-ring (bicyclic) bond motifs is 1. The van der Waals surface area contributed by atoms with E-state index in [1.54, 1.807) is 12.1 Å². The average molecular weight is 447 g/mol. The number of hydrogen-bond donors (Lipinski definition) is 1. The lowest BCUT2D eigenvalue weighted by atomic mass is 10.1. The van der Waals surface area contributed by atoms with E-state index in [4.69, 9.17) is 9.47 Å². The molecule has 0 saturated carbocycles. The average Bonchev–Trinajstić information content (AvgIpc) is 3.21. The normalized spacial score (nSPS) is 10.7. The van der Waals surface area contributed by atoms with Gasteiger partial charge in [0.15, 0.2) is 12.4 Å². The molecule has 1 heterocycles. The lowest BCUT2D eigenvalue weighted by Crippen LogP contribution is -2.21. The second-order valence-electron chi connectivity index (χ2n) is 7.13. The molecule has 3 aromatic carbocycles. The summed E-state index contributed by atoms with van der Waals surface area (Å²) >= 11 is 0. The SMILES string of the molecule is CCOc1ccc(-n2nc3cc(C)c(NC(=O)COc4ccccc4[N+](=O)[O-])cc3n2)cc1. The Balaban J connectivity index is 1.48. The topological polar surface area (TPSA) is 121 Å². The number of nitrogens with one attached hydrogen (secondary N) is 1. The van der Waals surface area contributed by atoms with Gasteiger partial charge in [-0.25, -0.2) is 0 Å². The first-order valence-corrected chi connectivity index (χ1v) is 10.2. The number of anilines is 1. The second-order valence-corrected chi connectivity index (χ2v) is 7.13. The number of nitro benzene ring substituents is 1. The fourth-order valence-corrected chi connectivity index (χ4v) is 3.22. The third kappa shape index (κ3) is 4.90. The molecule has 0 saturated heterocycles. The number of aryl methyl sites for hydroxylation is 1. The number of nitrogens with zero attached hydrogens (tertiary/aromatic N) is 4. The molecule has 0 aliphatic heterocycles. The van der Waals surface area contributed by atoms with Crippen molar-refractivity contribution >= 4 is 28.3 Å². The van der Waals surface area contributed by atoms with E-state index in [-0.39, 0.29) is 18.0 Å². The molecule has 10 heteroatoms. The molecule has 1 N–H and O–H groups in total. The zero-order valence-corrected chi connectivity index (χ0v) is 18.0. The number of benzene rings is 3. The minimum Gasteiger partial charge on any atom is -0.494 e. The zero-order chi connectivity index (χ0) is 23.4. The van der Waals surface area contributed by atoms with E-state index in [1.807, 2.05) is 44.2 Å². The maximum Gasteiger partial charge on any atom is 0.310 e. The van der Waals surface area contributed by atoms with Crippen molar-refractivity contribution in [2.24, 2.45) is 0 Å². The number of nitro groups is 1. The van der Waals surface area contributed by atoms with E-state index in [0.29, 0.717) is 23.3 Å². The van der Waals surface area contributed by atoms with Gasteiger partial charge in [0.25, 0.3) is 5.91 Å².